The van der Waals surface area contributed by atoms with E-state index in [-0.39, 0.29) is 24.7 Å². The zero-order valence-corrected chi connectivity index (χ0v) is 14.3. The van der Waals surface area contributed by atoms with Crippen molar-refractivity contribution in [2.24, 2.45) is 5.92 Å². The topological polar surface area (TPSA) is 79.2 Å². The summed E-state index contributed by atoms with van der Waals surface area (Å²) < 4.78 is 1.83. The van der Waals surface area contributed by atoms with E-state index in [2.05, 4.69) is 29.6 Å². The van der Waals surface area contributed by atoms with Crippen molar-refractivity contribution in [1.29, 1.82) is 0 Å². The lowest BCUT2D eigenvalue weighted by atomic mass is 9.83. The number of urea groups is 1. The van der Waals surface area contributed by atoms with Crippen molar-refractivity contribution in [1.82, 2.24) is 15.1 Å². The minimum atomic E-state index is -0.209. The lowest BCUT2D eigenvalue weighted by Crippen LogP contribution is -2.44. The highest BCUT2D eigenvalue weighted by atomic mass is 16.3. The molecule has 2 amide bonds. The second-order valence-electron chi connectivity index (χ2n) is 6.53. The quantitative estimate of drug-likeness (QED) is 0.720. The number of aliphatic hydroxyl groups excluding tert-OH is 1. The first kappa shape index (κ1) is 17.8. The van der Waals surface area contributed by atoms with E-state index in [4.69, 9.17) is 0 Å². The van der Waals surface area contributed by atoms with Gasteiger partial charge in [-0.25, -0.2) is 9.48 Å². The number of rotatable bonds is 7. The molecule has 1 aliphatic rings. The molecular weight excluding hydrogens is 292 g/mol. The van der Waals surface area contributed by atoms with Gasteiger partial charge in [-0.05, 0) is 38.5 Å². The van der Waals surface area contributed by atoms with Crippen molar-refractivity contribution in [2.45, 2.75) is 70.9 Å². The van der Waals surface area contributed by atoms with E-state index in [1.54, 1.807) is 6.20 Å². The molecule has 2 rings (SSSR count). The van der Waals surface area contributed by atoms with Crippen LogP contribution in [-0.2, 0) is 0 Å². The molecule has 130 valence electrons. The normalized spacial score (nSPS) is 18.4. The molecule has 1 fully saturated rings. The Hall–Kier alpha value is -1.56. The molecule has 6 nitrogen and oxygen atoms in total. The molecule has 1 aromatic rings. The second kappa shape index (κ2) is 8.91. The van der Waals surface area contributed by atoms with Crippen LogP contribution in [0.15, 0.2) is 12.3 Å². The van der Waals surface area contributed by atoms with Gasteiger partial charge in [-0.2, -0.15) is 5.10 Å². The van der Waals surface area contributed by atoms with Gasteiger partial charge in [-0.3, -0.25) is 5.32 Å². The molecule has 0 spiro atoms. The van der Waals surface area contributed by atoms with Gasteiger partial charge in [-0.15, -0.1) is 0 Å². The van der Waals surface area contributed by atoms with Gasteiger partial charge >= 0.3 is 6.03 Å². The van der Waals surface area contributed by atoms with Crippen molar-refractivity contribution >= 4 is 11.8 Å². The van der Waals surface area contributed by atoms with E-state index >= 15 is 0 Å². The molecule has 0 bridgehead atoms. The van der Waals surface area contributed by atoms with Crippen molar-refractivity contribution in [3.8, 4) is 0 Å². The van der Waals surface area contributed by atoms with E-state index in [1.165, 1.54) is 19.3 Å². The Kier molecular flexibility index (Phi) is 6.89. The Morgan fingerprint density at radius 1 is 1.43 bits per heavy atom. The number of carbonyl (C=O) groups excluding carboxylic acids is 1. The summed E-state index contributed by atoms with van der Waals surface area (Å²) in [4.78, 5) is 12.4. The maximum absolute atomic E-state index is 12.4. The molecule has 0 saturated heterocycles. The number of aromatic nitrogens is 2. The van der Waals surface area contributed by atoms with Crippen LogP contribution >= 0.6 is 0 Å². The van der Waals surface area contributed by atoms with Crippen LogP contribution in [0.4, 0.5) is 10.6 Å². The molecule has 1 saturated carbocycles. The van der Waals surface area contributed by atoms with Crippen molar-refractivity contribution in [3.05, 3.63) is 12.3 Å². The standard InChI is InChI=1S/C17H30N4O2/c1-3-13(2)21-16(9-11-18-21)20-17(23)19-15(10-12-22)14-7-5-4-6-8-14/h9,11,13-15,22H,3-8,10,12H2,1-2H3,(H2,19,20,23). The maximum Gasteiger partial charge on any atom is 0.320 e. The molecule has 0 aliphatic heterocycles. The van der Waals surface area contributed by atoms with Gasteiger partial charge in [0, 0.05) is 18.7 Å². The predicted molar refractivity (Wildman–Crippen MR) is 91.4 cm³/mol. The van der Waals surface area contributed by atoms with Crippen molar-refractivity contribution in [2.75, 3.05) is 11.9 Å². The molecule has 1 aromatic heterocycles. The van der Waals surface area contributed by atoms with Gasteiger partial charge in [0.2, 0.25) is 0 Å². The zero-order valence-electron chi connectivity index (χ0n) is 14.3. The van der Waals surface area contributed by atoms with Crippen molar-refractivity contribution < 1.29 is 9.90 Å². The third-order valence-electron chi connectivity index (χ3n) is 4.90. The van der Waals surface area contributed by atoms with Crippen LogP contribution in [0, 0.1) is 5.92 Å². The Balaban J connectivity index is 1.95. The largest absolute Gasteiger partial charge is 0.396 e. The van der Waals surface area contributed by atoms with Crippen LogP contribution in [0.5, 0.6) is 0 Å². The molecular formula is C17H30N4O2. The van der Waals surface area contributed by atoms with Crippen LogP contribution in [0.2, 0.25) is 0 Å². The minimum absolute atomic E-state index is 0.0419. The third-order valence-corrected chi connectivity index (χ3v) is 4.90. The summed E-state index contributed by atoms with van der Waals surface area (Å²) in [5, 5.41) is 19.5. The Bertz CT molecular complexity index is 483. The maximum atomic E-state index is 12.4. The number of amides is 2. The number of hydrogen-bond acceptors (Lipinski definition) is 3. The summed E-state index contributed by atoms with van der Waals surface area (Å²) in [6.07, 6.45) is 9.26. The van der Waals surface area contributed by atoms with Crippen LogP contribution in [0.3, 0.4) is 0 Å². The molecule has 6 heteroatoms. The SMILES string of the molecule is CCC(C)n1nccc1NC(=O)NC(CCO)C1CCCCC1. The Labute approximate surface area is 138 Å². The van der Waals surface area contributed by atoms with E-state index in [9.17, 15) is 9.90 Å². The van der Waals surface area contributed by atoms with Crippen molar-refractivity contribution in [3.63, 3.8) is 0 Å². The second-order valence-corrected chi connectivity index (χ2v) is 6.53. The molecule has 1 aliphatic carbocycles. The first-order chi connectivity index (χ1) is 11.2. The lowest BCUT2D eigenvalue weighted by molar-refractivity contribution is 0.202. The van der Waals surface area contributed by atoms with E-state index < -0.39 is 0 Å². The Morgan fingerprint density at radius 3 is 2.83 bits per heavy atom. The first-order valence-corrected chi connectivity index (χ1v) is 8.87. The minimum Gasteiger partial charge on any atom is -0.396 e. The predicted octanol–water partition coefficient (Wildman–Crippen LogP) is 3.31. The molecule has 1 heterocycles. The first-order valence-electron chi connectivity index (χ1n) is 8.87. The molecule has 2 unspecified atom stereocenters. The zero-order chi connectivity index (χ0) is 16.7. The number of nitrogens with one attached hydrogen (secondary N) is 2. The lowest BCUT2D eigenvalue weighted by Gasteiger charge is -2.30. The highest BCUT2D eigenvalue weighted by Crippen LogP contribution is 2.27. The number of aliphatic hydroxyl groups is 1. The fraction of sp³-hybridized carbons (Fsp3) is 0.765. The van der Waals surface area contributed by atoms with Crippen LogP contribution in [-0.4, -0.2) is 33.6 Å². The highest BCUT2D eigenvalue weighted by molar-refractivity contribution is 5.88. The van der Waals surface area contributed by atoms with Gasteiger partial charge < -0.3 is 10.4 Å². The highest BCUT2D eigenvalue weighted by Gasteiger charge is 2.25. The number of carbonyl (C=O) groups is 1. The van der Waals surface area contributed by atoms with E-state index in [1.807, 2.05) is 10.7 Å². The average molecular weight is 322 g/mol. The fourth-order valence-corrected chi connectivity index (χ4v) is 3.36. The van der Waals surface area contributed by atoms with Gasteiger partial charge in [0.05, 0.1) is 12.2 Å². The van der Waals surface area contributed by atoms with Crippen LogP contribution < -0.4 is 10.6 Å². The van der Waals surface area contributed by atoms with Gasteiger partial charge in [0.15, 0.2) is 0 Å². The molecule has 0 aromatic carbocycles. The summed E-state index contributed by atoms with van der Waals surface area (Å²) in [6.45, 7) is 4.27. The molecule has 2 atom stereocenters. The van der Waals surface area contributed by atoms with Gasteiger partial charge in [-0.1, -0.05) is 26.2 Å². The summed E-state index contributed by atoms with van der Waals surface area (Å²) in [5.74, 6) is 1.18. The monoisotopic (exact) mass is 322 g/mol. The molecule has 0 radical (unpaired) electrons. The van der Waals surface area contributed by atoms with Gasteiger partial charge in [0.1, 0.15) is 5.82 Å². The van der Waals surface area contributed by atoms with E-state index in [0.29, 0.717) is 18.2 Å². The van der Waals surface area contributed by atoms with Gasteiger partial charge in [0.25, 0.3) is 0 Å². The smallest absolute Gasteiger partial charge is 0.320 e. The summed E-state index contributed by atoms with van der Waals surface area (Å²) >= 11 is 0. The van der Waals surface area contributed by atoms with E-state index in [0.717, 1.165) is 19.3 Å². The molecule has 23 heavy (non-hydrogen) atoms. The number of anilines is 1. The third kappa shape index (κ3) is 4.96. The fourth-order valence-electron chi connectivity index (χ4n) is 3.36. The Morgan fingerprint density at radius 2 is 2.17 bits per heavy atom. The van der Waals surface area contributed by atoms with Crippen LogP contribution in [0.1, 0.15) is 64.8 Å². The summed E-state index contributed by atoms with van der Waals surface area (Å²) in [7, 11) is 0. The average Bonchev–Trinajstić information content (AvgIpc) is 3.02. The molecule has 3 N–H and O–H groups in total. The summed E-state index contributed by atoms with van der Waals surface area (Å²) in [5.41, 5.74) is 0. The number of hydrogen-bond donors (Lipinski definition) is 3. The van der Waals surface area contributed by atoms with Crippen LogP contribution in [0.25, 0.3) is 0 Å². The number of nitrogens with zero attached hydrogens (tertiary/aromatic N) is 2. The summed E-state index contributed by atoms with van der Waals surface area (Å²) in [6, 6.07) is 1.89.